The lowest BCUT2D eigenvalue weighted by molar-refractivity contribution is 0.220. The molecule has 7 rings (SSSR count). The molecule has 0 atom stereocenters. The molecule has 6 aromatic rings. The standard InChI is InChI=1S/C28H25N7S/c1-2-10-35(11-3-1)17-18-13-20(16-29-15-18)19-6-7-23-22(14-19)26(34-33-23)28-31-25-21(24-5-4-12-36-24)8-9-30-27(25)32-28/h4-9,12-16H,1-3,10-11,17H2,(H,33,34)(H,30,31,32). The van der Waals surface area contributed by atoms with E-state index in [9.17, 15) is 0 Å². The minimum absolute atomic E-state index is 0.692. The Kier molecular flexibility index (Phi) is 5.33. The molecule has 8 heteroatoms. The molecule has 0 saturated carbocycles. The van der Waals surface area contributed by atoms with Gasteiger partial charge in [-0.15, -0.1) is 11.3 Å². The number of hydrogen-bond acceptors (Lipinski definition) is 6. The average molecular weight is 492 g/mol. The second-order valence-electron chi connectivity index (χ2n) is 9.37. The summed E-state index contributed by atoms with van der Waals surface area (Å²) in [5.74, 6) is 0.710. The number of hydrogen-bond donors (Lipinski definition) is 2. The van der Waals surface area contributed by atoms with Crippen LogP contribution in [-0.2, 0) is 6.54 Å². The highest BCUT2D eigenvalue weighted by atomic mass is 32.1. The Hall–Kier alpha value is -3.88. The molecule has 0 bridgehead atoms. The molecule has 178 valence electrons. The zero-order chi connectivity index (χ0) is 23.9. The Morgan fingerprint density at radius 2 is 1.92 bits per heavy atom. The van der Waals surface area contributed by atoms with E-state index in [1.165, 1.54) is 42.8 Å². The Labute approximate surface area is 212 Å². The van der Waals surface area contributed by atoms with Crippen LogP contribution in [0.15, 0.2) is 66.4 Å². The van der Waals surface area contributed by atoms with Gasteiger partial charge in [-0.2, -0.15) is 5.10 Å². The van der Waals surface area contributed by atoms with Crippen molar-refractivity contribution >= 4 is 33.4 Å². The largest absolute Gasteiger partial charge is 0.335 e. The first-order chi connectivity index (χ1) is 17.8. The maximum absolute atomic E-state index is 4.80. The van der Waals surface area contributed by atoms with E-state index >= 15 is 0 Å². The fraction of sp³-hybridized carbons (Fsp3) is 0.214. The molecule has 1 aliphatic rings. The number of fused-ring (bicyclic) bond motifs is 2. The molecule has 1 aromatic carbocycles. The van der Waals surface area contributed by atoms with Gasteiger partial charge in [-0.1, -0.05) is 18.6 Å². The van der Waals surface area contributed by atoms with Crippen molar-refractivity contribution in [3.05, 3.63) is 72.0 Å². The van der Waals surface area contributed by atoms with Gasteiger partial charge in [-0.3, -0.25) is 15.0 Å². The third-order valence-corrected chi connectivity index (χ3v) is 7.85. The van der Waals surface area contributed by atoms with Gasteiger partial charge in [0.05, 0.1) is 11.0 Å². The zero-order valence-electron chi connectivity index (χ0n) is 19.7. The van der Waals surface area contributed by atoms with Gasteiger partial charge < -0.3 is 4.98 Å². The fourth-order valence-corrected chi connectivity index (χ4v) is 5.90. The van der Waals surface area contributed by atoms with Crippen molar-refractivity contribution in [3.63, 3.8) is 0 Å². The molecule has 0 unspecified atom stereocenters. The predicted octanol–water partition coefficient (Wildman–Crippen LogP) is 6.28. The summed E-state index contributed by atoms with van der Waals surface area (Å²) in [6.07, 6.45) is 9.68. The highest BCUT2D eigenvalue weighted by molar-refractivity contribution is 7.13. The lowest BCUT2D eigenvalue weighted by atomic mass is 10.0. The lowest BCUT2D eigenvalue weighted by Gasteiger charge is -2.26. The maximum atomic E-state index is 4.80. The van der Waals surface area contributed by atoms with Gasteiger partial charge in [0.15, 0.2) is 11.5 Å². The van der Waals surface area contributed by atoms with E-state index in [2.05, 4.69) is 71.8 Å². The van der Waals surface area contributed by atoms with Crippen molar-refractivity contribution in [2.24, 2.45) is 0 Å². The third kappa shape index (κ3) is 3.88. The van der Waals surface area contributed by atoms with Gasteiger partial charge in [0.25, 0.3) is 0 Å². The Morgan fingerprint density at radius 1 is 0.972 bits per heavy atom. The summed E-state index contributed by atoms with van der Waals surface area (Å²) in [5.41, 5.74) is 7.97. The van der Waals surface area contributed by atoms with E-state index in [1.807, 2.05) is 24.7 Å². The first-order valence-corrected chi connectivity index (χ1v) is 13.2. The van der Waals surface area contributed by atoms with Crippen LogP contribution in [0.2, 0.25) is 0 Å². The van der Waals surface area contributed by atoms with Gasteiger partial charge in [-0.25, -0.2) is 9.97 Å². The first-order valence-electron chi connectivity index (χ1n) is 12.4. The lowest BCUT2D eigenvalue weighted by Crippen LogP contribution is -2.29. The third-order valence-electron chi connectivity index (χ3n) is 6.95. The fourth-order valence-electron chi connectivity index (χ4n) is 5.14. The van der Waals surface area contributed by atoms with Gasteiger partial charge in [-0.05, 0) is 72.8 Å². The summed E-state index contributed by atoms with van der Waals surface area (Å²) in [6.45, 7) is 3.31. The van der Waals surface area contributed by atoms with Crippen LogP contribution in [0.5, 0.6) is 0 Å². The molecule has 1 saturated heterocycles. The molecule has 2 N–H and O–H groups in total. The average Bonchev–Trinajstić information content (AvgIpc) is 3.68. The van der Waals surface area contributed by atoms with Crippen molar-refractivity contribution in [3.8, 4) is 33.1 Å². The van der Waals surface area contributed by atoms with Gasteiger partial charge in [0.1, 0.15) is 5.69 Å². The molecule has 7 nitrogen and oxygen atoms in total. The van der Waals surface area contributed by atoms with Crippen molar-refractivity contribution < 1.29 is 0 Å². The van der Waals surface area contributed by atoms with Crippen molar-refractivity contribution in [2.75, 3.05) is 13.1 Å². The van der Waals surface area contributed by atoms with Gasteiger partial charge in [0, 0.05) is 46.5 Å². The molecule has 1 fully saturated rings. The summed E-state index contributed by atoms with van der Waals surface area (Å²) in [7, 11) is 0. The monoisotopic (exact) mass is 491 g/mol. The number of pyridine rings is 2. The van der Waals surface area contributed by atoms with Crippen LogP contribution in [0.25, 0.3) is 55.2 Å². The first kappa shape index (κ1) is 21.4. The number of H-pyrrole nitrogens is 2. The molecule has 36 heavy (non-hydrogen) atoms. The van der Waals surface area contributed by atoms with Crippen LogP contribution in [0.3, 0.4) is 0 Å². The smallest absolute Gasteiger partial charge is 0.178 e. The van der Waals surface area contributed by atoms with Crippen LogP contribution in [0.4, 0.5) is 0 Å². The minimum Gasteiger partial charge on any atom is -0.335 e. The Morgan fingerprint density at radius 3 is 2.81 bits per heavy atom. The second-order valence-corrected chi connectivity index (χ2v) is 10.3. The number of piperidine rings is 1. The molecular formula is C28H25N7S. The number of aromatic amines is 2. The normalized spacial score (nSPS) is 14.7. The summed E-state index contributed by atoms with van der Waals surface area (Å²) in [6, 6.07) is 14.8. The number of rotatable bonds is 5. The van der Waals surface area contributed by atoms with Crippen LogP contribution in [-0.4, -0.2) is 48.1 Å². The van der Waals surface area contributed by atoms with Gasteiger partial charge in [0.2, 0.25) is 0 Å². The molecule has 6 heterocycles. The van der Waals surface area contributed by atoms with Crippen LogP contribution >= 0.6 is 11.3 Å². The quantitative estimate of drug-likeness (QED) is 0.296. The predicted molar refractivity (Wildman–Crippen MR) is 145 cm³/mol. The summed E-state index contributed by atoms with van der Waals surface area (Å²) in [4.78, 5) is 21.1. The van der Waals surface area contributed by atoms with Crippen molar-refractivity contribution in [1.82, 2.24) is 35.0 Å². The van der Waals surface area contributed by atoms with Crippen molar-refractivity contribution in [1.29, 1.82) is 0 Å². The number of likely N-dealkylation sites (tertiary alicyclic amines) is 1. The molecule has 1 aliphatic heterocycles. The number of benzene rings is 1. The van der Waals surface area contributed by atoms with E-state index in [-0.39, 0.29) is 0 Å². The number of nitrogens with one attached hydrogen (secondary N) is 2. The van der Waals surface area contributed by atoms with Crippen molar-refractivity contribution in [2.45, 2.75) is 25.8 Å². The van der Waals surface area contributed by atoms with Gasteiger partial charge >= 0.3 is 0 Å². The SMILES string of the molecule is c1csc(-c2ccnc3nc(-c4n[nH]c5ccc(-c6cncc(CN7CCCCC7)c6)cc45)[nH]c23)c1. The van der Waals surface area contributed by atoms with Crippen LogP contribution in [0.1, 0.15) is 24.8 Å². The minimum atomic E-state index is 0.692. The number of imidazole rings is 1. The van der Waals surface area contributed by atoms with E-state index in [0.717, 1.165) is 45.3 Å². The van der Waals surface area contributed by atoms with Crippen LogP contribution < -0.4 is 0 Å². The molecule has 0 radical (unpaired) electrons. The highest BCUT2D eigenvalue weighted by Gasteiger charge is 2.17. The van der Waals surface area contributed by atoms with E-state index in [4.69, 9.17) is 4.98 Å². The maximum Gasteiger partial charge on any atom is 0.178 e. The number of nitrogens with zero attached hydrogens (tertiary/aromatic N) is 5. The topological polar surface area (TPSA) is 86.4 Å². The number of thiophene rings is 1. The Bertz CT molecular complexity index is 1660. The highest BCUT2D eigenvalue weighted by Crippen LogP contribution is 2.34. The van der Waals surface area contributed by atoms with E-state index in [1.54, 1.807) is 11.3 Å². The van der Waals surface area contributed by atoms with Crippen LogP contribution in [0, 0.1) is 0 Å². The molecule has 0 aliphatic carbocycles. The molecule has 0 amide bonds. The summed E-state index contributed by atoms with van der Waals surface area (Å²) in [5, 5.41) is 10.9. The number of aromatic nitrogens is 6. The molecule has 0 spiro atoms. The zero-order valence-corrected chi connectivity index (χ0v) is 20.6. The molecule has 5 aromatic heterocycles. The van der Waals surface area contributed by atoms with E-state index < -0.39 is 0 Å². The summed E-state index contributed by atoms with van der Waals surface area (Å²) >= 11 is 1.71. The molecular weight excluding hydrogens is 466 g/mol. The Balaban J connectivity index is 1.26. The second kappa shape index (κ2) is 8.96. The van der Waals surface area contributed by atoms with E-state index in [0.29, 0.717) is 11.5 Å². The summed E-state index contributed by atoms with van der Waals surface area (Å²) < 4.78 is 0.